The highest BCUT2D eigenvalue weighted by Crippen LogP contribution is 2.18. The maximum atomic E-state index is 11.6. The summed E-state index contributed by atoms with van der Waals surface area (Å²) in [5.74, 6) is 0.490. The van der Waals surface area contributed by atoms with Gasteiger partial charge in [0.15, 0.2) is 11.2 Å². The fourth-order valence-electron chi connectivity index (χ4n) is 1.65. The topological polar surface area (TPSA) is 139 Å². The van der Waals surface area contributed by atoms with Crippen molar-refractivity contribution in [2.24, 2.45) is 0 Å². The van der Waals surface area contributed by atoms with E-state index in [9.17, 15) is 4.79 Å². The van der Waals surface area contributed by atoms with Gasteiger partial charge in [0.05, 0.1) is 5.69 Å². The van der Waals surface area contributed by atoms with Crippen LogP contribution in [0.3, 0.4) is 0 Å². The van der Waals surface area contributed by atoms with Crippen molar-refractivity contribution < 1.29 is 0 Å². The molecule has 18 heavy (non-hydrogen) atoms. The zero-order valence-corrected chi connectivity index (χ0v) is 9.14. The van der Waals surface area contributed by atoms with Gasteiger partial charge in [-0.2, -0.15) is 4.98 Å². The lowest BCUT2D eigenvalue weighted by Gasteiger charge is -1.96. The van der Waals surface area contributed by atoms with E-state index in [0.29, 0.717) is 17.1 Å². The second-order valence-corrected chi connectivity index (χ2v) is 3.74. The van der Waals surface area contributed by atoms with Gasteiger partial charge < -0.3 is 16.5 Å². The van der Waals surface area contributed by atoms with Gasteiger partial charge in [-0.1, -0.05) is 0 Å². The van der Waals surface area contributed by atoms with E-state index in [1.54, 1.807) is 12.3 Å². The van der Waals surface area contributed by atoms with Crippen molar-refractivity contribution in [1.82, 2.24) is 24.9 Å². The number of anilines is 2. The molecule has 90 valence electrons. The first kappa shape index (κ1) is 10.3. The lowest BCUT2D eigenvalue weighted by Crippen LogP contribution is -2.10. The molecular weight excluding hydrogens is 234 g/mol. The molecule has 6 N–H and O–H groups in total. The van der Waals surface area contributed by atoms with Crippen LogP contribution in [0.2, 0.25) is 0 Å². The van der Waals surface area contributed by atoms with Crippen LogP contribution in [0.1, 0.15) is 0 Å². The highest BCUT2D eigenvalue weighted by Gasteiger charge is 2.10. The van der Waals surface area contributed by atoms with Crippen LogP contribution < -0.4 is 17.0 Å². The van der Waals surface area contributed by atoms with Crippen molar-refractivity contribution >= 4 is 22.8 Å². The van der Waals surface area contributed by atoms with Crippen LogP contribution in [0, 0.1) is 0 Å². The Balaban J connectivity index is 2.26. The number of nitrogens with zero attached hydrogens (tertiary/aromatic N) is 3. The fourth-order valence-corrected chi connectivity index (χ4v) is 1.65. The number of nitrogens with one attached hydrogen (secondary N) is 2. The number of pyridine rings is 1. The minimum atomic E-state index is -0.367. The van der Waals surface area contributed by atoms with Crippen molar-refractivity contribution in [1.29, 1.82) is 0 Å². The van der Waals surface area contributed by atoms with Crippen molar-refractivity contribution in [2.75, 3.05) is 11.5 Å². The molecule has 0 fully saturated rings. The lowest BCUT2D eigenvalue weighted by atomic mass is 10.2. The van der Waals surface area contributed by atoms with Gasteiger partial charge in [0.2, 0.25) is 5.95 Å². The van der Waals surface area contributed by atoms with Crippen LogP contribution in [-0.4, -0.2) is 24.9 Å². The van der Waals surface area contributed by atoms with Gasteiger partial charge in [0, 0.05) is 18.0 Å². The molecule has 0 unspecified atom stereocenters. The SMILES string of the molecule is Nc1cncc(-c2nc3nc(N)[nH]c(=O)c3[nH]2)c1. The summed E-state index contributed by atoms with van der Waals surface area (Å²) in [5, 5.41) is 0. The van der Waals surface area contributed by atoms with Crippen LogP contribution in [-0.2, 0) is 0 Å². The number of aromatic amines is 2. The highest BCUT2D eigenvalue weighted by molar-refractivity contribution is 5.76. The summed E-state index contributed by atoms with van der Waals surface area (Å²) in [5.41, 5.74) is 12.4. The van der Waals surface area contributed by atoms with Crippen molar-refractivity contribution in [3.8, 4) is 11.4 Å². The predicted octanol–water partition coefficient (Wildman–Crippen LogP) is -0.127. The number of H-pyrrole nitrogens is 2. The first-order valence-electron chi connectivity index (χ1n) is 5.10. The minimum Gasteiger partial charge on any atom is -0.397 e. The molecule has 0 radical (unpaired) electrons. The summed E-state index contributed by atoms with van der Waals surface area (Å²) in [6, 6.07) is 1.70. The standard InChI is InChI=1S/C10H9N7O/c11-5-1-4(2-13-3-5)7-14-6-8(15-7)16-10(12)17-9(6)18/h1-3H,11H2,(H4,12,14,15,16,17,18). The first-order chi connectivity index (χ1) is 8.63. The second kappa shape index (κ2) is 3.55. The van der Waals surface area contributed by atoms with E-state index < -0.39 is 0 Å². The Morgan fingerprint density at radius 3 is 2.72 bits per heavy atom. The molecule has 0 atom stereocenters. The Bertz CT molecular complexity index is 788. The lowest BCUT2D eigenvalue weighted by molar-refractivity contribution is 1.17. The van der Waals surface area contributed by atoms with Crippen molar-refractivity contribution in [3.63, 3.8) is 0 Å². The molecule has 0 saturated carbocycles. The van der Waals surface area contributed by atoms with E-state index in [1.165, 1.54) is 6.20 Å². The molecule has 8 heteroatoms. The third-order valence-corrected chi connectivity index (χ3v) is 2.41. The summed E-state index contributed by atoms with van der Waals surface area (Å²) in [7, 11) is 0. The van der Waals surface area contributed by atoms with E-state index in [4.69, 9.17) is 11.5 Å². The number of imidazole rings is 1. The molecule has 3 aromatic heterocycles. The quantitative estimate of drug-likeness (QED) is 0.469. The number of nitrogens with two attached hydrogens (primary N) is 2. The number of rotatable bonds is 1. The molecule has 0 aromatic carbocycles. The maximum Gasteiger partial charge on any atom is 0.278 e. The van der Waals surface area contributed by atoms with Crippen LogP contribution in [0.5, 0.6) is 0 Å². The predicted molar refractivity (Wildman–Crippen MR) is 66.6 cm³/mol. The summed E-state index contributed by atoms with van der Waals surface area (Å²) in [6.07, 6.45) is 3.11. The van der Waals surface area contributed by atoms with E-state index in [-0.39, 0.29) is 22.7 Å². The van der Waals surface area contributed by atoms with E-state index in [2.05, 4.69) is 24.9 Å². The third kappa shape index (κ3) is 1.56. The number of nitrogen functional groups attached to an aromatic ring is 2. The van der Waals surface area contributed by atoms with E-state index in [0.717, 1.165) is 0 Å². The Labute approximate surface area is 100 Å². The summed E-state index contributed by atoms with van der Waals surface area (Å²) < 4.78 is 0. The number of hydrogen-bond acceptors (Lipinski definition) is 6. The van der Waals surface area contributed by atoms with Crippen molar-refractivity contribution in [3.05, 3.63) is 28.8 Å². The summed E-state index contributed by atoms with van der Waals surface area (Å²) >= 11 is 0. The summed E-state index contributed by atoms with van der Waals surface area (Å²) in [6.45, 7) is 0. The largest absolute Gasteiger partial charge is 0.397 e. The smallest absolute Gasteiger partial charge is 0.278 e. The number of fused-ring (bicyclic) bond motifs is 1. The Morgan fingerprint density at radius 1 is 1.11 bits per heavy atom. The summed E-state index contributed by atoms with van der Waals surface area (Å²) in [4.78, 5) is 29.0. The van der Waals surface area contributed by atoms with Gasteiger partial charge in [-0.25, -0.2) is 4.98 Å². The van der Waals surface area contributed by atoms with Crippen LogP contribution in [0.4, 0.5) is 11.6 Å². The molecule has 0 amide bonds. The molecule has 3 aromatic rings. The average Bonchev–Trinajstić information content (AvgIpc) is 2.73. The molecule has 0 aliphatic heterocycles. The average molecular weight is 243 g/mol. The molecule has 8 nitrogen and oxygen atoms in total. The first-order valence-corrected chi connectivity index (χ1v) is 5.10. The van der Waals surface area contributed by atoms with E-state index in [1.807, 2.05) is 0 Å². The molecule has 3 rings (SSSR count). The van der Waals surface area contributed by atoms with Gasteiger partial charge in [-0.3, -0.25) is 14.8 Å². The second-order valence-electron chi connectivity index (χ2n) is 3.74. The Kier molecular flexibility index (Phi) is 2.03. The molecule has 3 heterocycles. The molecule has 0 saturated heterocycles. The zero-order chi connectivity index (χ0) is 12.7. The van der Waals surface area contributed by atoms with Crippen molar-refractivity contribution in [2.45, 2.75) is 0 Å². The van der Waals surface area contributed by atoms with Gasteiger partial charge in [0.1, 0.15) is 5.82 Å². The maximum absolute atomic E-state index is 11.6. The highest BCUT2D eigenvalue weighted by atomic mass is 16.1. The Hall–Kier alpha value is -2.90. The number of hydrogen-bond donors (Lipinski definition) is 4. The van der Waals surface area contributed by atoms with Crippen LogP contribution in [0.15, 0.2) is 23.3 Å². The molecule has 0 aliphatic carbocycles. The monoisotopic (exact) mass is 243 g/mol. The van der Waals surface area contributed by atoms with E-state index >= 15 is 0 Å². The van der Waals surface area contributed by atoms with Gasteiger partial charge >= 0.3 is 0 Å². The van der Waals surface area contributed by atoms with Gasteiger partial charge in [-0.05, 0) is 6.07 Å². The molecule has 0 spiro atoms. The molecule has 0 bridgehead atoms. The van der Waals surface area contributed by atoms with Crippen LogP contribution >= 0.6 is 0 Å². The molecular formula is C10H9N7O. The fraction of sp³-hybridized carbons (Fsp3) is 0. The normalized spacial score (nSPS) is 10.9. The Morgan fingerprint density at radius 2 is 1.94 bits per heavy atom. The van der Waals surface area contributed by atoms with Gasteiger partial charge in [0.25, 0.3) is 5.56 Å². The van der Waals surface area contributed by atoms with Crippen LogP contribution in [0.25, 0.3) is 22.6 Å². The third-order valence-electron chi connectivity index (χ3n) is 2.41. The molecule has 0 aliphatic rings. The van der Waals surface area contributed by atoms with Gasteiger partial charge in [-0.15, -0.1) is 0 Å². The number of aromatic nitrogens is 5. The minimum absolute atomic E-state index is 0.0243. The zero-order valence-electron chi connectivity index (χ0n) is 9.14.